The maximum absolute atomic E-state index is 11.7. The van der Waals surface area contributed by atoms with Crippen molar-refractivity contribution >= 4 is 23.6 Å². The largest absolute Gasteiger partial charge is 0.452 e. The molecule has 0 aliphatic carbocycles. The lowest BCUT2D eigenvalue weighted by molar-refractivity contribution is -0.152. The molecule has 0 bridgehead atoms. The molecule has 8 heteroatoms. The number of ether oxygens (including phenoxy) is 1. The highest BCUT2D eigenvalue weighted by molar-refractivity contribution is 7.99. The monoisotopic (exact) mass is 323 g/mol. The van der Waals surface area contributed by atoms with E-state index in [0.717, 1.165) is 11.8 Å². The van der Waals surface area contributed by atoms with Crippen molar-refractivity contribution in [3.63, 3.8) is 0 Å². The Balaban J connectivity index is 2.67. The van der Waals surface area contributed by atoms with E-state index in [1.807, 2.05) is 6.07 Å². The number of hydrogen-bond acceptors (Lipinski definition) is 6. The van der Waals surface area contributed by atoms with Crippen LogP contribution in [0, 0.1) is 18.3 Å². The molecule has 1 heterocycles. The van der Waals surface area contributed by atoms with Crippen LogP contribution in [0.15, 0.2) is 15.9 Å². The second-order valence-electron chi connectivity index (χ2n) is 4.45. The Morgan fingerprint density at radius 2 is 2.23 bits per heavy atom. The fourth-order valence-corrected chi connectivity index (χ4v) is 2.49. The number of amides is 1. The second-order valence-corrected chi connectivity index (χ2v) is 5.43. The van der Waals surface area contributed by atoms with Crippen LogP contribution in [0.3, 0.4) is 0 Å². The van der Waals surface area contributed by atoms with Gasteiger partial charge in [0.25, 0.3) is 5.91 Å². The number of pyridine rings is 1. The third kappa shape index (κ3) is 4.93. The van der Waals surface area contributed by atoms with Gasteiger partial charge in [-0.1, -0.05) is 11.8 Å². The molecule has 1 rings (SSSR count). The lowest BCUT2D eigenvalue weighted by Gasteiger charge is -2.12. The van der Waals surface area contributed by atoms with Gasteiger partial charge in [-0.2, -0.15) is 5.26 Å². The summed E-state index contributed by atoms with van der Waals surface area (Å²) in [4.78, 5) is 37.1. The van der Waals surface area contributed by atoms with Crippen LogP contribution in [-0.2, 0) is 14.3 Å². The number of thioether (sulfide) groups is 1. The maximum atomic E-state index is 11.7. The number of nitrogens with zero attached hydrogens (tertiary/aromatic N) is 1. The normalized spacial score (nSPS) is 11.4. The zero-order chi connectivity index (χ0) is 16.7. The molecule has 0 spiro atoms. The highest BCUT2D eigenvalue weighted by Crippen LogP contribution is 2.21. The smallest absolute Gasteiger partial charge is 0.317 e. The third-order valence-corrected chi connectivity index (χ3v) is 3.66. The highest BCUT2D eigenvalue weighted by Gasteiger charge is 2.18. The summed E-state index contributed by atoms with van der Waals surface area (Å²) in [5, 5.41) is 11.9. The van der Waals surface area contributed by atoms with Gasteiger partial charge in [0.15, 0.2) is 6.10 Å². The number of carbonyl (C=O) groups is 2. The number of H-pyrrole nitrogens is 1. The Hall–Kier alpha value is -2.27. The van der Waals surface area contributed by atoms with Gasteiger partial charge in [0.2, 0.25) is 5.56 Å². The minimum absolute atomic E-state index is 0.113. The van der Waals surface area contributed by atoms with E-state index < -0.39 is 12.1 Å². The van der Waals surface area contributed by atoms with Gasteiger partial charge in [-0.05, 0) is 26.3 Å². The molecule has 0 radical (unpaired) electrons. The van der Waals surface area contributed by atoms with E-state index in [9.17, 15) is 14.4 Å². The van der Waals surface area contributed by atoms with Crippen LogP contribution in [0.4, 0.5) is 0 Å². The molecule has 0 saturated carbocycles. The molecule has 1 amide bonds. The summed E-state index contributed by atoms with van der Waals surface area (Å²) < 4.78 is 4.97. The molecule has 0 unspecified atom stereocenters. The Morgan fingerprint density at radius 3 is 2.82 bits per heavy atom. The molecular formula is C14H17N3O4S. The molecule has 0 fully saturated rings. The SMILES string of the molecule is CCNC(=O)[C@@H](C)OC(=O)CSc1[nH]c(=O)cc(C)c1C#N. The summed E-state index contributed by atoms with van der Waals surface area (Å²) >= 11 is 0.991. The van der Waals surface area contributed by atoms with E-state index in [1.54, 1.807) is 13.8 Å². The van der Waals surface area contributed by atoms with Crippen LogP contribution in [0.1, 0.15) is 25.0 Å². The lowest BCUT2D eigenvalue weighted by atomic mass is 10.2. The van der Waals surface area contributed by atoms with Crippen molar-refractivity contribution in [3.05, 3.63) is 27.5 Å². The van der Waals surface area contributed by atoms with Gasteiger partial charge in [-0.25, -0.2) is 0 Å². The van der Waals surface area contributed by atoms with Gasteiger partial charge in [0.05, 0.1) is 16.3 Å². The summed E-state index contributed by atoms with van der Waals surface area (Å²) in [6, 6.07) is 3.30. The Labute approximate surface area is 132 Å². The first-order valence-corrected chi connectivity index (χ1v) is 7.61. The molecule has 1 aromatic heterocycles. The molecule has 118 valence electrons. The maximum Gasteiger partial charge on any atom is 0.317 e. The Morgan fingerprint density at radius 1 is 1.55 bits per heavy atom. The standard InChI is InChI=1S/C14H17N3O4S/c1-4-16-13(20)9(3)21-12(19)7-22-14-10(6-15)8(2)5-11(18)17-14/h5,9H,4,7H2,1-3H3,(H,16,20)(H,17,18)/t9-/m1/s1. The van der Waals surface area contributed by atoms with Crippen LogP contribution in [0.5, 0.6) is 0 Å². The quantitative estimate of drug-likeness (QED) is 0.589. The van der Waals surface area contributed by atoms with Gasteiger partial charge >= 0.3 is 5.97 Å². The number of rotatable bonds is 6. The Bertz CT molecular complexity index is 663. The van der Waals surface area contributed by atoms with E-state index in [1.165, 1.54) is 13.0 Å². The third-order valence-electron chi connectivity index (χ3n) is 2.68. The molecule has 0 saturated heterocycles. The van der Waals surface area contributed by atoms with Crippen molar-refractivity contribution in [1.29, 1.82) is 5.26 Å². The number of nitrogens with one attached hydrogen (secondary N) is 2. The number of carbonyl (C=O) groups excluding carboxylic acids is 2. The highest BCUT2D eigenvalue weighted by atomic mass is 32.2. The number of aryl methyl sites for hydroxylation is 1. The summed E-state index contributed by atoms with van der Waals surface area (Å²) in [5.74, 6) is -1.09. The molecular weight excluding hydrogens is 306 g/mol. The number of aromatic nitrogens is 1. The predicted molar refractivity (Wildman–Crippen MR) is 81.5 cm³/mol. The van der Waals surface area contributed by atoms with Crippen LogP contribution in [0.25, 0.3) is 0 Å². The van der Waals surface area contributed by atoms with Crippen LogP contribution in [0.2, 0.25) is 0 Å². The average molecular weight is 323 g/mol. The van der Waals surface area contributed by atoms with E-state index in [4.69, 9.17) is 10.00 Å². The van der Waals surface area contributed by atoms with Crippen LogP contribution in [-0.4, -0.2) is 35.3 Å². The molecule has 0 aromatic carbocycles. The van der Waals surface area contributed by atoms with Gasteiger partial charge in [-0.3, -0.25) is 14.4 Å². The van der Waals surface area contributed by atoms with Gasteiger partial charge in [-0.15, -0.1) is 0 Å². The van der Waals surface area contributed by atoms with E-state index in [2.05, 4.69) is 10.3 Å². The lowest BCUT2D eigenvalue weighted by Crippen LogP contribution is -2.35. The number of aromatic amines is 1. The van der Waals surface area contributed by atoms with Gasteiger partial charge in [0.1, 0.15) is 6.07 Å². The molecule has 0 aliphatic rings. The fourth-order valence-electron chi connectivity index (χ4n) is 1.64. The van der Waals surface area contributed by atoms with E-state index in [0.29, 0.717) is 22.7 Å². The number of esters is 1. The Kier molecular flexibility index (Phi) is 6.66. The minimum atomic E-state index is -0.889. The zero-order valence-electron chi connectivity index (χ0n) is 12.6. The first-order valence-electron chi connectivity index (χ1n) is 6.63. The summed E-state index contributed by atoms with van der Waals surface area (Å²) in [7, 11) is 0. The number of hydrogen-bond donors (Lipinski definition) is 2. The second kappa shape index (κ2) is 8.24. The summed E-state index contributed by atoms with van der Waals surface area (Å²) in [6.45, 7) is 5.33. The van der Waals surface area contributed by atoms with Crippen molar-refractivity contribution in [2.45, 2.75) is 31.9 Å². The first kappa shape index (κ1) is 17.8. The predicted octanol–water partition coefficient (Wildman–Crippen LogP) is 0.715. The van der Waals surface area contributed by atoms with Crippen LogP contribution >= 0.6 is 11.8 Å². The van der Waals surface area contributed by atoms with Crippen molar-refractivity contribution < 1.29 is 14.3 Å². The molecule has 1 atom stereocenters. The summed E-state index contributed by atoms with van der Waals surface area (Å²) in [5.41, 5.74) is 0.509. The van der Waals surface area contributed by atoms with Crippen molar-refractivity contribution in [3.8, 4) is 6.07 Å². The van der Waals surface area contributed by atoms with Crippen molar-refractivity contribution in [2.24, 2.45) is 0 Å². The topological polar surface area (TPSA) is 112 Å². The number of likely N-dealkylation sites (N-methyl/N-ethyl adjacent to an activating group) is 1. The van der Waals surface area contributed by atoms with Crippen molar-refractivity contribution in [1.82, 2.24) is 10.3 Å². The first-order chi connectivity index (χ1) is 10.4. The van der Waals surface area contributed by atoms with Crippen molar-refractivity contribution in [2.75, 3.05) is 12.3 Å². The average Bonchev–Trinajstić information content (AvgIpc) is 2.44. The summed E-state index contributed by atoms with van der Waals surface area (Å²) in [6.07, 6.45) is -0.889. The molecule has 1 aromatic rings. The van der Waals surface area contributed by atoms with Crippen LogP contribution < -0.4 is 10.9 Å². The van der Waals surface area contributed by atoms with E-state index >= 15 is 0 Å². The zero-order valence-corrected chi connectivity index (χ0v) is 13.4. The molecule has 2 N–H and O–H groups in total. The van der Waals surface area contributed by atoms with E-state index in [-0.39, 0.29) is 17.2 Å². The molecule has 22 heavy (non-hydrogen) atoms. The molecule has 0 aliphatic heterocycles. The molecule has 7 nitrogen and oxygen atoms in total. The minimum Gasteiger partial charge on any atom is -0.452 e. The van der Waals surface area contributed by atoms with Gasteiger partial charge in [0, 0.05) is 12.6 Å². The van der Waals surface area contributed by atoms with Gasteiger partial charge < -0.3 is 15.0 Å². The number of nitriles is 1. The fraction of sp³-hybridized carbons (Fsp3) is 0.429.